The summed E-state index contributed by atoms with van der Waals surface area (Å²) in [5.41, 5.74) is 1.64. The van der Waals surface area contributed by atoms with Gasteiger partial charge in [-0.2, -0.15) is 0 Å². The van der Waals surface area contributed by atoms with E-state index in [2.05, 4.69) is 12.2 Å². The van der Waals surface area contributed by atoms with Crippen molar-refractivity contribution in [2.24, 2.45) is 0 Å². The number of ether oxygens (including phenoxy) is 3. The Morgan fingerprint density at radius 1 is 0.613 bits per heavy atom. The van der Waals surface area contributed by atoms with E-state index in [0.29, 0.717) is 38.8 Å². The molecule has 344 valence electrons. The number of carbonyl (C=O) groups is 2. The van der Waals surface area contributed by atoms with Gasteiger partial charge < -0.3 is 29.5 Å². The van der Waals surface area contributed by atoms with Gasteiger partial charge in [-0.1, -0.05) is 184 Å². The largest absolute Gasteiger partial charge is 0.497 e. The maximum atomic E-state index is 14.1. The van der Waals surface area contributed by atoms with Crippen LogP contribution in [0.2, 0.25) is 0 Å². The second-order valence-electron chi connectivity index (χ2n) is 17.7. The number of likely N-dealkylation sites (tertiary alicyclic amines) is 1. The summed E-state index contributed by atoms with van der Waals surface area (Å²) in [5, 5.41) is 14.3. The molecule has 0 spiro atoms. The molecule has 62 heavy (non-hydrogen) atoms. The zero-order valence-electron chi connectivity index (χ0n) is 38.9. The smallest absolute Gasteiger partial charge is 0.223 e. The van der Waals surface area contributed by atoms with Gasteiger partial charge in [-0.15, -0.1) is 0 Å². The number of unbranched alkanes of at least 4 members (excludes halogenated alkanes) is 20. The minimum absolute atomic E-state index is 0.00496. The molecule has 1 heterocycles. The number of nitrogens with one attached hydrogen (secondary N) is 1. The number of aliphatic hydroxyl groups is 1. The predicted molar refractivity (Wildman–Crippen MR) is 254 cm³/mol. The highest BCUT2D eigenvalue weighted by molar-refractivity contribution is 5.77. The molecule has 2 atom stereocenters. The summed E-state index contributed by atoms with van der Waals surface area (Å²) in [7, 11) is 3.28. The highest BCUT2D eigenvalue weighted by atomic mass is 16.5. The third-order valence-corrected chi connectivity index (χ3v) is 12.8. The zero-order valence-corrected chi connectivity index (χ0v) is 38.9. The lowest BCUT2D eigenvalue weighted by molar-refractivity contribution is -0.141. The molecular formula is C54H82N2O6. The van der Waals surface area contributed by atoms with E-state index in [0.717, 1.165) is 53.9 Å². The monoisotopic (exact) mass is 855 g/mol. The van der Waals surface area contributed by atoms with Crippen molar-refractivity contribution in [3.63, 3.8) is 0 Å². The van der Waals surface area contributed by atoms with E-state index < -0.39 is 17.7 Å². The van der Waals surface area contributed by atoms with Crippen molar-refractivity contribution in [3.05, 3.63) is 95.6 Å². The first kappa shape index (κ1) is 50.8. The maximum Gasteiger partial charge on any atom is 0.223 e. The van der Waals surface area contributed by atoms with Gasteiger partial charge >= 0.3 is 0 Å². The van der Waals surface area contributed by atoms with Crippen LogP contribution in [0.1, 0.15) is 184 Å². The number of β-amino-alcohol motifs (C(OH)–C–C–N with tert-alkyl or cyclic N) is 1. The van der Waals surface area contributed by atoms with Crippen molar-refractivity contribution >= 4 is 11.8 Å². The molecule has 3 aromatic carbocycles. The summed E-state index contributed by atoms with van der Waals surface area (Å²) in [5.74, 6) is 1.56. The second-order valence-corrected chi connectivity index (χ2v) is 17.7. The van der Waals surface area contributed by atoms with E-state index in [1.165, 1.54) is 109 Å². The van der Waals surface area contributed by atoms with Crippen LogP contribution in [-0.2, 0) is 26.5 Å². The molecule has 8 heteroatoms. The number of amides is 2. The lowest BCUT2D eigenvalue weighted by atomic mass is 9.78. The van der Waals surface area contributed by atoms with E-state index in [1.807, 2.05) is 83.8 Å². The van der Waals surface area contributed by atoms with Gasteiger partial charge in [-0.3, -0.25) is 9.59 Å². The fourth-order valence-electron chi connectivity index (χ4n) is 9.14. The van der Waals surface area contributed by atoms with Crippen LogP contribution in [0.15, 0.2) is 78.9 Å². The summed E-state index contributed by atoms with van der Waals surface area (Å²) in [6.07, 6.45) is 28.5. The van der Waals surface area contributed by atoms with Gasteiger partial charge in [0.2, 0.25) is 11.8 Å². The van der Waals surface area contributed by atoms with Gasteiger partial charge in [-0.05, 0) is 66.6 Å². The first-order chi connectivity index (χ1) is 30.4. The summed E-state index contributed by atoms with van der Waals surface area (Å²) >= 11 is 0. The number of carbonyl (C=O) groups excluding carboxylic acids is 2. The normalized spacial score (nSPS) is 15.2. The Morgan fingerprint density at radius 3 is 1.55 bits per heavy atom. The molecule has 1 fully saturated rings. The van der Waals surface area contributed by atoms with E-state index >= 15 is 0 Å². The minimum Gasteiger partial charge on any atom is -0.497 e. The van der Waals surface area contributed by atoms with Crippen molar-refractivity contribution in [1.82, 2.24) is 10.2 Å². The summed E-state index contributed by atoms with van der Waals surface area (Å²) in [4.78, 5) is 28.5. The summed E-state index contributed by atoms with van der Waals surface area (Å²) < 4.78 is 18.1. The van der Waals surface area contributed by atoms with Crippen molar-refractivity contribution in [1.29, 1.82) is 0 Å². The third kappa shape index (κ3) is 17.7. The Kier molecular flexibility index (Phi) is 24.8. The number of nitrogens with zero attached hydrogens (tertiary/aromatic N) is 1. The van der Waals surface area contributed by atoms with Crippen LogP contribution >= 0.6 is 0 Å². The molecule has 1 aliphatic heterocycles. The molecule has 0 aromatic heterocycles. The maximum absolute atomic E-state index is 14.1. The Balaban J connectivity index is 1.15. The topological polar surface area (TPSA) is 97.3 Å². The molecule has 0 aliphatic carbocycles. The van der Waals surface area contributed by atoms with Crippen molar-refractivity contribution in [3.8, 4) is 11.5 Å². The second kappa shape index (κ2) is 30.2. The van der Waals surface area contributed by atoms with Crippen LogP contribution in [0.4, 0.5) is 0 Å². The highest BCUT2D eigenvalue weighted by Gasteiger charge is 2.51. The van der Waals surface area contributed by atoms with E-state index in [-0.39, 0.29) is 18.4 Å². The van der Waals surface area contributed by atoms with Gasteiger partial charge in [0.25, 0.3) is 0 Å². The standard InChI is InChI=1S/C54H82N2O6/c1-4-5-6-7-8-9-10-11-12-13-14-15-16-17-18-19-20-21-26-31-52(58)55-41-28-23-27-32-53(59)56-43-48(57)42-51(56)54(46-33-37-49(60-2)38-34-46,47-35-39-50(61-3)40-36-47)62-44-45-29-24-22-25-30-45/h22,24-25,29-30,33-40,48,51,57H,4-21,23,26-28,31-32,41-44H2,1-3H3,(H,55,58). The van der Waals surface area contributed by atoms with Crippen LogP contribution in [0.3, 0.4) is 0 Å². The number of aliphatic hydroxyl groups excluding tert-OH is 1. The van der Waals surface area contributed by atoms with Gasteiger partial charge in [0.05, 0.1) is 33.0 Å². The Morgan fingerprint density at radius 2 is 1.06 bits per heavy atom. The molecule has 1 aliphatic rings. The fourth-order valence-corrected chi connectivity index (χ4v) is 9.14. The van der Waals surface area contributed by atoms with Crippen molar-refractivity contribution in [2.45, 2.75) is 192 Å². The molecule has 2 N–H and O–H groups in total. The van der Waals surface area contributed by atoms with Gasteiger partial charge in [0.1, 0.15) is 17.1 Å². The lowest BCUT2D eigenvalue weighted by Gasteiger charge is -2.44. The fraction of sp³-hybridized carbons (Fsp3) is 0.630. The SMILES string of the molecule is CCCCCCCCCCCCCCCCCCCCCC(=O)NCCCCCC(=O)N1CC(O)CC1C(OCc1ccccc1)(c1ccc(OC)cc1)c1ccc(OC)cc1. The Bertz CT molecular complexity index is 1570. The molecular weight excluding hydrogens is 773 g/mol. The third-order valence-electron chi connectivity index (χ3n) is 12.8. The van der Waals surface area contributed by atoms with Crippen LogP contribution in [0.5, 0.6) is 11.5 Å². The first-order valence-corrected chi connectivity index (χ1v) is 24.6. The van der Waals surface area contributed by atoms with E-state index in [9.17, 15) is 14.7 Å². The average molecular weight is 855 g/mol. The zero-order chi connectivity index (χ0) is 44.1. The Labute approximate surface area is 375 Å². The Hall–Kier alpha value is -3.88. The quantitative estimate of drug-likeness (QED) is 0.0581. The van der Waals surface area contributed by atoms with E-state index in [4.69, 9.17) is 14.2 Å². The highest BCUT2D eigenvalue weighted by Crippen LogP contribution is 2.45. The van der Waals surface area contributed by atoms with Gasteiger partial charge in [0, 0.05) is 25.9 Å². The molecule has 3 aromatic rings. The predicted octanol–water partition coefficient (Wildman–Crippen LogP) is 12.6. The minimum atomic E-state index is -1.10. The first-order valence-electron chi connectivity index (χ1n) is 24.6. The number of hydrogen-bond donors (Lipinski definition) is 2. The van der Waals surface area contributed by atoms with Crippen LogP contribution < -0.4 is 14.8 Å². The van der Waals surface area contributed by atoms with Gasteiger partial charge in [0.15, 0.2) is 0 Å². The molecule has 2 amide bonds. The van der Waals surface area contributed by atoms with Gasteiger partial charge in [-0.25, -0.2) is 0 Å². The van der Waals surface area contributed by atoms with Crippen LogP contribution in [0, 0.1) is 0 Å². The molecule has 1 saturated heterocycles. The van der Waals surface area contributed by atoms with Crippen molar-refractivity contribution in [2.75, 3.05) is 27.3 Å². The summed E-state index contributed by atoms with van der Waals surface area (Å²) in [6, 6.07) is 25.2. The molecule has 4 rings (SSSR count). The number of hydrogen-bond acceptors (Lipinski definition) is 6. The van der Waals surface area contributed by atoms with Crippen LogP contribution in [-0.4, -0.2) is 61.3 Å². The molecule has 8 nitrogen and oxygen atoms in total. The summed E-state index contributed by atoms with van der Waals surface area (Å²) in [6.45, 7) is 3.46. The molecule has 0 radical (unpaired) electrons. The lowest BCUT2D eigenvalue weighted by Crippen LogP contribution is -2.52. The molecule has 0 bridgehead atoms. The average Bonchev–Trinajstić information content (AvgIpc) is 3.70. The van der Waals surface area contributed by atoms with Crippen LogP contribution in [0.25, 0.3) is 0 Å². The number of benzene rings is 3. The van der Waals surface area contributed by atoms with Crippen molar-refractivity contribution < 1.29 is 28.9 Å². The van der Waals surface area contributed by atoms with E-state index in [1.54, 1.807) is 14.2 Å². The molecule has 0 saturated carbocycles. The number of methoxy groups -OCH3 is 2. The number of rotatable bonds is 34. The molecule has 2 unspecified atom stereocenters.